The number of hydrogen-bond acceptors (Lipinski definition) is 6. The lowest BCUT2D eigenvalue weighted by atomic mass is 9.85. The summed E-state index contributed by atoms with van der Waals surface area (Å²) >= 11 is 0. The van der Waals surface area contributed by atoms with Gasteiger partial charge in [0.1, 0.15) is 19.0 Å². The number of rotatable bonds is 5. The summed E-state index contributed by atoms with van der Waals surface area (Å²) in [6.07, 6.45) is 3.74. The van der Waals surface area contributed by atoms with E-state index < -0.39 is 0 Å². The van der Waals surface area contributed by atoms with Crippen LogP contribution in [0.1, 0.15) is 36.4 Å². The van der Waals surface area contributed by atoms with Gasteiger partial charge in [-0.3, -0.25) is 4.79 Å². The van der Waals surface area contributed by atoms with E-state index in [0.29, 0.717) is 30.5 Å². The topological polar surface area (TPSA) is 78.3 Å². The van der Waals surface area contributed by atoms with Crippen LogP contribution in [0.4, 0.5) is 5.95 Å². The zero-order valence-electron chi connectivity index (χ0n) is 16.7. The molecule has 1 aromatic heterocycles. The Morgan fingerprint density at radius 1 is 1.13 bits per heavy atom. The molecule has 1 aliphatic carbocycles. The standard InChI is InChI=1S/C23H22N4O3/c1-29-19-11-10-16(12-20(19)30-13-15-6-3-2-4-7-15)22-21-17(8-5-9-18(21)28)26-23-24-14-25-27(22)23/h2-4,6-7,10-12,14,22H,5,8-9,13H2,1H3,(H,24,25,26)/t22-/m1/s1. The Labute approximate surface area is 174 Å². The highest BCUT2D eigenvalue weighted by atomic mass is 16.5. The third kappa shape index (κ3) is 3.22. The smallest absolute Gasteiger partial charge is 0.226 e. The Hall–Kier alpha value is -3.61. The van der Waals surface area contributed by atoms with Gasteiger partial charge in [-0.05, 0) is 36.1 Å². The number of nitrogens with one attached hydrogen (secondary N) is 1. The number of carbonyl (C=O) groups excluding carboxylic acids is 1. The van der Waals surface area contributed by atoms with Gasteiger partial charge in [0.05, 0.1) is 7.11 Å². The summed E-state index contributed by atoms with van der Waals surface area (Å²) in [6.45, 7) is 0.425. The van der Waals surface area contributed by atoms with Crippen molar-refractivity contribution >= 4 is 11.7 Å². The van der Waals surface area contributed by atoms with Crippen molar-refractivity contribution in [3.8, 4) is 11.5 Å². The molecule has 2 heterocycles. The van der Waals surface area contributed by atoms with Gasteiger partial charge in [-0.15, -0.1) is 0 Å². The second-order valence-electron chi connectivity index (χ2n) is 7.41. The van der Waals surface area contributed by atoms with E-state index in [2.05, 4.69) is 15.4 Å². The van der Waals surface area contributed by atoms with E-state index >= 15 is 0 Å². The van der Waals surface area contributed by atoms with Crippen LogP contribution in [0.3, 0.4) is 0 Å². The molecule has 0 saturated carbocycles. The minimum Gasteiger partial charge on any atom is -0.493 e. The van der Waals surface area contributed by atoms with E-state index in [-0.39, 0.29) is 11.8 Å². The van der Waals surface area contributed by atoms with Crippen molar-refractivity contribution in [2.45, 2.75) is 31.9 Å². The van der Waals surface area contributed by atoms with Crippen LogP contribution in [0.25, 0.3) is 0 Å². The summed E-state index contributed by atoms with van der Waals surface area (Å²) in [4.78, 5) is 17.2. The first kappa shape index (κ1) is 18.4. The molecule has 30 heavy (non-hydrogen) atoms. The van der Waals surface area contributed by atoms with Gasteiger partial charge < -0.3 is 14.8 Å². The summed E-state index contributed by atoms with van der Waals surface area (Å²) in [6, 6.07) is 15.4. The Morgan fingerprint density at radius 2 is 2.00 bits per heavy atom. The van der Waals surface area contributed by atoms with E-state index in [9.17, 15) is 4.79 Å². The van der Waals surface area contributed by atoms with Crippen molar-refractivity contribution in [3.05, 3.63) is 77.3 Å². The first-order valence-corrected chi connectivity index (χ1v) is 10.0. The van der Waals surface area contributed by atoms with Crippen LogP contribution >= 0.6 is 0 Å². The summed E-state index contributed by atoms with van der Waals surface area (Å²) in [5, 5.41) is 7.68. The Kier molecular flexibility index (Phi) is 4.71. The highest BCUT2D eigenvalue weighted by molar-refractivity contribution is 5.99. The number of methoxy groups -OCH3 is 1. The fourth-order valence-electron chi connectivity index (χ4n) is 4.12. The summed E-state index contributed by atoms with van der Waals surface area (Å²) < 4.78 is 13.4. The molecule has 1 N–H and O–H groups in total. The lowest BCUT2D eigenvalue weighted by molar-refractivity contribution is -0.116. The molecule has 0 fully saturated rings. The second kappa shape index (κ2) is 7.67. The fraction of sp³-hybridized carbons (Fsp3) is 0.261. The van der Waals surface area contributed by atoms with Crippen molar-refractivity contribution in [3.63, 3.8) is 0 Å². The van der Waals surface area contributed by atoms with Gasteiger partial charge in [0.15, 0.2) is 17.3 Å². The average Bonchev–Trinajstić information content (AvgIpc) is 3.25. The normalized spacial score (nSPS) is 17.8. The number of aromatic nitrogens is 3. The molecule has 1 atom stereocenters. The van der Waals surface area contributed by atoms with Crippen molar-refractivity contribution in [2.75, 3.05) is 12.4 Å². The first-order chi connectivity index (χ1) is 14.7. The SMILES string of the molecule is COc1ccc([C@@H]2C3=C(CCCC3=O)Nc3ncnn32)cc1OCc1ccccc1. The van der Waals surface area contributed by atoms with Crippen LogP contribution in [0.5, 0.6) is 11.5 Å². The van der Waals surface area contributed by atoms with Crippen molar-refractivity contribution in [1.29, 1.82) is 0 Å². The second-order valence-corrected chi connectivity index (χ2v) is 7.41. The van der Waals surface area contributed by atoms with Crippen molar-refractivity contribution in [1.82, 2.24) is 14.8 Å². The van der Waals surface area contributed by atoms with Crippen LogP contribution < -0.4 is 14.8 Å². The molecular weight excluding hydrogens is 380 g/mol. The lowest BCUT2D eigenvalue weighted by Crippen LogP contribution is -2.31. The molecule has 2 aromatic carbocycles. The lowest BCUT2D eigenvalue weighted by Gasteiger charge is -2.32. The van der Waals surface area contributed by atoms with E-state index in [1.165, 1.54) is 6.33 Å². The first-order valence-electron chi connectivity index (χ1n) is 10.0. The van der Waals surface area contributed by atoms with Crippen LogP contribution in [-0.4, -0.2) is 27.7 Å². The quantitative estimate of drug-likeness (QED) is 0.698. The summed E-state index contributed by atoms with van der Waals surface area (Å²) in [5.74, 6) is 2.07. The number of benzene rings is 2. The van der Waals surface area contributed by atoms with Crippen molar-refractivity contribution < 1.29 is 14.3 Å². The van der Waals surface area contributed by atoms with Crippen LogP contribution in [0.15, 0.2) is 66.1 Å². The Bertz CT molecular complexity index is 1120. The summed E-state index contributed by atoms with van der Waals surface area (Å²) in [7, 11) is 1.62. The Morgan fingerprint density at radius 3 is 2.83 bits per heavy atom. The van der Waals surface area contributed by atoms with E-state index in [4.69, 9.17) is 9.47 Å². The predicted octanol–water partition coefficient (Wildman–Crippen LogP) is 3.89. The molecule has 0 amide bonds. The number of nitrogens with zero attached hydrogens (tertiary/aromatic N) is 3. The molecular formula is C23H22N4O3. The van der Waals surface area contributed by atoms with Gasteiger partial charge in [0.25, 0.3) is 0 Å². The van der Waals surface area contributed by atoms with Gasteiger partial charge in [0.2, 0.25) is 5.95 Å². The number of Topliss-reactive ketones (excluding diaryl/α,β-unsaturated/α-hetero) is 1. The monoisotopic (exact) mass is 402 g/mol. The molecule has 1 aliphatic heterocycles. The number of anilines is 1. The molecule has 0 unspecified atom stereocenters. The van der Waals surface area contributed by atoms with E-state index in [1.807, 2.05) is 48.5 Å². The molecule has 0 saturated heterocycles. The molecule has 3 aromatic rings. The Balaban J connectivity index is 1.54. The number of fused-ring (bicyclic) bond motifs is 1. The predicted molar refractivity (Wildman–Crippen MR) is 111 cm³/mol. The number of ketones is 1. The van der Waals surface area contributed by atoms with Crippen LogP contribution in [0, 0.1) is 0 Å². The summed E-state index contributed by atoms with van der Waals surface area (Å²) in [5.41, 5.74) is 3.69. The van der Waals surface area contributed by atoms with Crippen LogP contribution in [0.2, 0.25) is 0 Å². The van der Waals surface area contributed by atoms with E-state index in [1.54, 1.807) is 11.8 Å². The molecule has 2 aliphatic rings. The van der Waals surface area contributed by atoms with E-state index in [0.717, 1.165) is 35.2 Å². The average molecular weight is 402 g/mol. The molecule has 7 nitrogen and oxygen atoms in total. The van der Waals surface area contributed by atoms with Gasteiger partial charge in [-0.25, -0.2) is 4.68 Å². The highest BCUT2D eigenvalue weighted by Gasteiger charge is 2.36. The third-order valence-electron chi connectivity index (χ3n) is 5.55. The number of allylic oxidation sites excluding steroid dienone is 2. The molecule has 7 heteroatoms. The number of hydrogen-bond donors (Lipinski definition) is 1. The zero-order chi connectivity index (χ0) is 20.5. The minimum atomic E-state index is -0.337. The maximum Gasteiger partial charge on any atom is 0.226 e. The van der Waals surface area contributed by atoms with Crippen molar-refractivity contribution in [2.24, 2.45) is 0 Å². The number of ether oxygens (including phenoxy) is 2. The third-order valence-corrected chi connectivity index (χ3v) is 5.55. The van der Waals surface area contributed by atoms with Crippen LogP contribution in [-0.2, 0) is 11.4 Å². The zero-order valence-corrected chi connectivity index (χ0v) is 16.7. The largest absolute Gasteiger partial charge is 0.493 e. The van der Waals surface area contributed by atoms with Gasteiger partial charge in [0, 0.05) is 17.7 Å². The molecule has 5 rings (SSSR count). The number of carbonyl (C=O) groups is 1. The maximum atomic E-state index is 12.8. The molecule has 0 bridgehead atoms. The van der Waals surface area contributed by atoms with Gasteiger partial charge in [-0.2, -0.15) is 10.1 Å². The van der Waals surface area contributed by atoms with Gasteiger partial charge in [-0.1, -0.05) is 36.4 Å². The molecule has 0 spiro atoms. The minimum absolute atomic E-state index is 0.150. The molecule has 152 valence electrons. The fourth-order valence-corrected chi connectivity index (χ4v) is 4.12. The molecule has 0 radical (unpaired) electrons. The highest BCUT2D eigenvalue weighted by Crippen LogP contribution is 2.41. The van der Waals surface area contributed by atoms with Gasteiger partial charge >= 0.3 is 0 Å². The maximum absolute atomic E-state index is 12.8.